The van der Waals surface area contributed by atoms with Crippen molar-refractivity contribution in [3.63, 3.8) is 0 Å². The van der Waals surface area contributed by atoms with Gasteiger partial charge in [-0.1, -0.05) is 11.6 Å². The van der Waals surface area contributed by atoms with Gasteiger partial charge in [0.1, 0.15) is 0 Å². The molecule has 0 spiro atoms. The summed E-state index contributed by atoms with van der Waals surface area (Å²) in [6.45, 7) is 4.61. The molecular weight excluding hydrogens is 283 g/mol. The van der Waals surface area contributed by atoms with Gasteiger partial charge < -0.3 is 10.2 Å². The van der Waals surface area contributed by atoms with Gasteiger partial charge in [0.25, 0.3) is 5.91 Å². The van der Waals surface area contributed by atoms with Gasteiger partial charge in [-0.15, -0.1) is 12.4 Å². The molecule has 3 nitrogen and oxygen atoms in total. The molecule has 0 aromatic heterocycles. The Hall–Kier alpha value is -0.770. The van der Waals surface area contributed by atoms with Crippen LogP contribution in [0.5, 0.6) is 0 Å². The van der Waals surface area contributed by atoms with Crippen molar-refractivity contribution in [3.05, 3.63) is 34.3 Å². The van der Waals surface area contributed by atoms with Gasteiger partial charge in [-0.25, -0.2) is 0 Å². The first kappa shape index (κ1) is 16.3. The highest BCUT2D eigenvalue weighted by Gasteiger charge is 2.26. The summed E-state index contributed by atoms with van der Waals surface area (Å²) in [4.78, 5) is 14.3. The molecule has 5 heteroatoms. The van der Waals surface area contributed by atoms with Crippen LogP contribution in [0, 0.1) is 12.8 Å². The predicted molar refractivity (Wildman–Crippen MR) is 81.4 cm³/mol. The molecule has 106 valence electrons. The summed E-state index contributed by atoms with van der Waals surface area (Å²) >= 11 is 6.00. The lowest BCUT2D eigenvalue weighted by molar-refractivity contribution is 0.0787. The Bertz CT molecular complexity index is 431. The third kappa shape index (κ3) is 4.10. The predicted octanol–water partition coefficient (Wildman–Crippen LogP) is 2.75. The number of carbonyl (C=O) groups excluding carboxylic acids is 1. The van der Waals surface area contributed by atoms with E-state index in [1.54, 1.807) is 6.07 Å². The first-order valence-corrected chi connectivity index (χ1v) is 6.69. The zero-order valence-corrected chi connectivity index (χ0v) is 12.9. The summed E-state index contributed by atoms with van der Waals surface area (Å²) in [7, 11) is 1.95. The van der Waals surface area contributed by atoms with Crippen molar-refractivity contribution in [1.82, 2.24) is 10.2 Å². The summed E-state index contributed by atoms with van der Waals surface area (Å²) in [5.74, 6) is 0.665. The quantitative estimate of drug-likeness (QED) is 0.931. The van der Waals surface area contributed by atoms with Crippen molar-refractivity contribution in [2.75, 3.05) is 26.7 Å². The summed E-state index contributed by atoms with van der Waals surface area (Å²) in [5.41, 5.74) is 1.72. The molecule has 1 amide bonds. The number of hydrogen-bond acceptors (Lipinski definition) is 2. The number of rotatable bonds is 3. The van der Waals surface area contributed by atoms with Crippen molar-refractivity contribution in [3.8, 4) is 0 Å². The molecule has 19 heavy (non-hydrogen) atoms. The maximum atomic E-state index is 12.3. The van der Waals surface area contributed by atoms with E-state index in [-0.39, 0.29) is 18.3 Å². The zero-order valence-electron chi connectivity index (χ0n) is 11.3. The van der Waals surface area contributed by atoms with Gasteiger partial charge in [-0.2, -0.15) is 0 Å². The molecule has 0 saturated carbocycles. The molecule has 1 aliphatic heterocycles. The molecule has 1 aromatic rings. The van der Waals surface area contributed by atoms with Crippen molar-refractivity contribution < 1.29 is 4.79 Å². The average Bonchev–Trinajstić information content (AvgIpc) is 2.76. The molecule has 2 rings (SSSR count). The maximum Gasteiger partial charge on any atom is 0.253 e. The van der Waals surface area contributed by atoms with Crippen molar-refractivity contribution in [2.45, 2.75) is 13.3 Å². The van der Waals surface area contributed by atoms with E-state index < -0.39 is 0 Å². The van der Waals surface area contributed by atoms with Crippen molar-refractivity contribution >= 4 is 29.9 Å². The fraction of sp³-hybridized carbons (Fsp3) is 0.500. The van der Waals surface area contributed by atoms with Crippen molar-refractivity contribution in [2.24, 2.45) is 5.92 Å². The molecule has 0 radical (unpaired) electrons. The van der Waals surface area contributed by atoms with Gasteiger partial charge in [-0.05, 0) is 56.6 Å². The molecule has 1 N–H and O–H groups in total. The monoisotopic (exact) mass is 302 g/mol. The minimum Gasteiger partial charge on any atom is -0.338 e. The first-order valence-electron chi connectivity index (χ1n) is 6.31. The van der Waals surface area contributed by atoms with Gasteiger partial charge in [0.05, 0.1) is 0 Å². The molecule has 1 heterocycles. The van der Waals surface area contributed by atoms with Crippen LogP contribution in [0.2, 0.25) is 5.02 Å². The smallest absolute Gasteiger partial charge is 0.253 e. The molecule has 1 unspecified atom stereocenters. The van der Waals surface area contributed by atoms with Crippen LogP contribution in [0.25, 0.3) is 0 Å². The largest absolute Gasteiger partial charge is 0.338 e. The highest BCUT2D eigenvalue weighted by molar-refractivity contribution is 6.31. The molecule has 0 bridgehead atoms. The van der Waals surface area contributed by atoms with Gasteiger partial charge >= 0.3 is 0 Å². The normalized spacial score (nSPS) is 18.3. The lowest BCUT2D eigenvalue weighted by atomic mass is 10.1. The van der Waals surface area contributed by atoms with Gasteiger partial charge in [-0.3, -0.25) is 4.79 Å². The van der Waals surface area contributed by atoms with Crippen molar-refractivity contribution in [1.29, 1.82) is 0 Å². The van der Waals surface area contributed by atoms with Crippen LogP contribution in [0.4, 0.5) is 0 Å². The summed E-state index contributed by atoms with van der Waals surface area (Å²) in [5, 5.41) is 3.80. The number of carbonyl (C=O) groups is 1. The molecule has 0 aliphatic carbocycles. The van der Waals surface area contributed by atoms with E-state index >= 15 is 0 Å². The molecule has 1 fully saturated rings. The minimum absolute atomic E-state index is 0. The highest BCUT2D eigenvalue weighted by Crippen LogP contribution is 2.21. The number of likely N-dealkylation sites (tertiary alicyclic amines) is 1. The van der Waals surface area contributed by atoms with E-state index in [0.717, 1.165) is 31.6 Å². The Morgan fingerprint density at radius 3 is 2.84 bits per heavy atom. The topological polar surface area (TPSA) is 32.3 Å². The number of benzene rings is 1. The van der Waals surface area contributed by atoms with E-state index in [9.17, 15) is 4.79 Å². The number of amides is 1. The highest BCUT2D eigenvalue weighted by atomic mass is 35.5. The zero-order chi connectivity index (χ0) is 13.1. The van der Waals surface area contributed by atoms with Crippen LogP contribution < -0.4 is 5.32 Å². The molecule has 1 atom stereocenters. The Morgan fingerprint density at radius 1 is 1.47 bits per heavy atom. The Balaban J connectivity index is 0.00000180. The summed E-state index contributed by atoms with van der Waals surface area (Å²) in [6, 6.07) is 5.52. The number of nitrogens with zero attached hydrogens (tertiary/aromatic N) is 1. The lowest BCUT2D eigenvalue weighted by Gasteiger charge is -2.17. The van der Waals surface area contributed by atoms with E-state index in [4.69, 9.17) is 11.6 Å². The molecular formula is C14H20Cl2N2O. The van der Waals surface area contributed by atoms with Crippen LogP contribution in [0.1, 0.15) is 22.3 Å². The number of halogens is 2. The standard InChI is InChI=1S/C14H19ClN2O.ClH/c1-10-5-12(7-13(15)6-10)14(18)17-4-3-11(9-17)8-16-2;/h5-7,11,16H,3-4,8-9H2,1-2H3;1H. The second-order valence-corrected chi connectivity index (χ2v) is 5.42. The third-order valence-electron chi connectivity index (χ3n) is 3.35. The number of nitrogens with one attached hydrogen (secondary N) is 1. The molecule has 1 aromatic carbocycles. The minimum atomic E-state index is 0. The maximum absolute atomic E-state index is 12.3. The Morgan fingerprint density at radius 2 is 2.21 bits per heavy atom. The van der Waals surface area contributed by atoms with E-state index in [1.807, 2.05) is 31.0 Å². The second-order valence-electron chi connectivity index (χ2n) is 4.98. The van der Waals surface area contributed by atoms with Crippen LogP contribution in [-0.2, 0) is 0 Å². The first-order chi connectivity index (χ1) is 8.60. The van der Waals surface area contributed by atoms with Crippen LogP contribution in [0.15, 0.2) is 18.2 Å². The van der Waals surface area contributed by atoms with Gasteiger partial charge in [0, 0.05) is 23.7 Å². The third-order valence-corrected chi connectivity index (χ3v) is 3.57. The van der Waals surface area contributed by atoms with Crippen LogP contribution in [-0.4, -0.2) is 37.5 Å². The summed E-state index contributed by atoms with van der Waals surface area (Å²) < 4.78 is 0. The van der Waals surface area contributed by atoms with E-state index in [1.165, 1.54) is 0 Å². The SMILES string of the molecule is CNCC1CCN(C(=O)c2cc(C)cc(Cl)c2)C1.Cl. The fourth-order valence-corrected chi connectivity index (χ4v) is 2.80. The van der Waals surface area contributed by atoms with E-state index in [2.05, 4.69) is 5.32 Å². The van der Waals surface area contributed by atoms with Crippen LogP contribution in [0.3, 0.4) is 0 Å². The molecule has 1 saturated heterocycles. The lowest BCUT2D eigenvalue weighted by Crippen LogP contribution is -2.30. The number of aryl methyl sites for hydroxylation is 1. The summed E-state index contributed by atoms with van der Waals surface area (Å²) in [6.07, 6.45) is 1.08. The number of hydrogen-bond donors (Lipinski definition) is 1. The average molecular weight is 303 g/mol. The van der Waals surface area contributed by atoms with Gasteiger partial charge in [0.15, 0.2) is 0 Å². The molecule has 1 aliphatic rings. The fourth-order valence-electron chi connectivity index (χ4n) is 2.51. The van der Waals surface area contributed by atoms with Crippen LogP contribution >= 0.6 is 24.0 Å². The Kier molecular flexibility index (Phi) is 6.11. The van der Waals surface area contributed by atoms with E-state index in [0.29, 0.717) is 16.5 Å². The van der Waals surface area contributed by atoms with Gasteiger partial charge in [0.2, 0.25) is 0 Å². The Labute approximate surface area is 125 Å². The second kappa shape index (κ2) is 7.13.